The van der Waals surface area contributed by atoms with Crippen molar-refractivity contribution in [1.29, 1.82) is 0 Å². The van der Waals surface area contributed by atoms with Crippen molar-refractivity contribution in [3.05, 3.63) is 83.0 Å². The number of aromatic nitrogens is 1. The molecule has 1 aromatic heterocycles. The summed E-state index contributed by atoms with van der Waals surface area (Å²) in [6, 6.07) is 19.5. The van der Waals surface area contributed by atoms with E-state index >= 15 is 0 Å². The van der Waals surface area contributed by atoms with Crippen LogP contribution in [-0.4, -0.2) is 48.1 Å². The molecule has 0 unspecified atom stereocenters. The standard InChI is InChI=1S/C29H30N4O3/c1-18-9-10-20(3)23(16-18)30-29(35)31-24-17-19(2)15-22-25(21-7-5-4-6-8-21)27(32-26(22)24)28(34)33-11-13-36-14-12-33/h4-10,15-17,32H,11-14H2,1-3H3,(H2,30,31,35). The van der Waals surface area contributed by atoms with Crippen molar-refractivity contribution < 1.29 is 14.3 Å². The molecule has 1 fully saturated rings. The van der Waals surface area contributed by atoms with E-state index in [0.717, 1.165) is 38.9 Å². The minimum atomic E-state index is -0.340. The van der Waals surface area contributed by atoms with Gasteiger partial charge >= 0.3 is 6.03 Å². The number of H-pyrrole nitrogens is 1. The number of morpholine rings is 1. The Morgan fingerprint density at radius 2 is 1.56 bits per heavy atom. The van der Waals surface area contributed by atoms with Crippen LogP contribution in [0.3, 0.4) is 0 Å². The smallest absolute Gasteiger partial charge is 0.323 e. The molecule has 0 radical (unpaired) electrons. The fourth-order valence-corrected chi connectivity index (χ4v) is 4.68. The van der Waals surface area contributed by atoms with E-state index in [2.05, 4.69) is 21.7 Å². The SMILES string of the molecule is Cc1ccc(C)c(NC(=O)Nc2cc(C)cc3c(-c4ccccc4)c(C(=O)N4CCOCC4)[nH]c23)c1. The van der Waals surface area contributed by atoms with Crippen molar-refractivity contribution in [2.75, 3.05) is 36.9 Å². The molecule has 7 heteroatoms. The molecule has 0 saturated carbocycles. The summed E-state index contributed by atoms with van der Waals surface area (Å²) < 4.78 is 5.44. The van der Waals surface area contributed by atoms with Gasteiger partial charge in [0.05, 0.1) is 24.4 Å². The molecule has 1 aliphatic rings. The van der Waals surface area contributed by atoms with Gasteiger partial charge < -0.3 is 25.3 Å². The molecule has 3 amide bonds. The Morgan fingerprint density at radius 1 is 0.861 bits per heavy atom. The van der Waals surface area contributed by atoms with Gasteiger partial charge in [0.1, 0.15) is 5.69 Å². The maximum absolute atomic E-state index is 13.6. The largest absolute Gasteiger partial charge is 0.378 e. The Bertz CT molecular complexity index is 1440. The molecule has 1 aliphatic heterocycles. The van der Waals surface area contributed by atoms with Crippen molar-refractivity contribution in [3.8, 4) is 11.1 Å². The summed E-state index contributed by atoms with van der Waals surface area (Å²) in [4.78, 5) is 31.8. The quantitative estimate of drug-likeness (QED) is 0.340. The molecule has 0 spiro atoms. The number of urea groups is 1. The minimum Gasteiger partial charge on any atom is -0.378 e. The summed E-state index contributed by atoms with van der Waals surface area (Å²) >= 11 is 0. The number of amides is 3. The van der Waals surface area contributed by atoms with Gasteiger partial charge in [-0.3, -0.25) is 4.79 Å². The molecule has 2 heterocycles. The van der Waals surface area contributed by atoms with Crippen LogP contribution in [0.25, 0.3) is 22.0 Å². The van der Waals surface area contributed by atoms with Gasteiger partial charge in [-0.1, -0.05) is 42.5 Å². The lowest BCUT2D eigenvalue weighted by Crippen LogP contribution is -2.41. The number of hydrogen-bond donors (Lipinski definition) is 3. The van der Waals surface area contributed by atoms with Gasteiger partial charge in [-0.2, -0.15) is 0 Å². The molecular weight excluding hydrogens is 452 g/mol. The number of anilines is 2. The second-order valence-corrected chi connectivity index (χ2v) is 9.28. The van der Waals surface area contributed by atoms with Gasteiger partial charge in [-0.25, -0.2) is 4.79 Å². The van der Waals surface area contributed by atoms with Crippen LogP contribution >= 0.6 is 0 Å². The van der Waals surface area contributed by atoms with Crippen LogP contribution in [0.15, 0.2) is 60.7 Å². The monoisotopic (exact) mass is 482 g/mol. The lowest BCUT2D eigenvalue weighted by atomic mass is 9.99. The number of benzene rings is 3. The summed E-state index contributed by atoms with van der Waals surface area (Å²) in [5, 5.41) is 6.85. The third-order valence-electron chi connectivity index (χ3n) is 6.52. The van der Waals surface area contributed by atoms with Crippen LogP contribution in [0, 0.1) is 20.8 Å². The zero-order valence-corrected chi connectivity index (χ0v) is 20.8. The average molecular weight is 483 g/mol. The fraction of sp³-hybridized carbons (Fsp3) is 0.241. The predicted octanol–water partition coefficient (Wildman–Crippen LogP) is 5.88. The van der Waals surface area contributed by atoms with Crippen LogP contribution in [0.1, 0.15) is 27.2 Å². The highest BCUT2D eigenvalue weighted by atomic mass is 16.5. The highest BCUT2D eigenvalue weighted by Crippen LogP contribution is 2.37. The highest BCUT2D eigenvalue weighted by molar-refractivity contribution is 6.14. The lowest BCUT2D eigenvalue weighted by Gasteiger charge is -2.26. The molecule has 3 N–H and O–H groups in total. The molecule has 184 valence electrons. The molecule has 36 heavy (non-hydrogen) atoms. The summed E-state index contributed by atoms with van der Waals surface area (Å²) in [6.45, 7) is 8.08. The van der Waals surface area contributed by atoms with Gasteiger partial charge in [0.25, 0.3) is 5.91 Å². The number of fused-ring (bicyclic) bond motifs is 1. The van der Waals surface area contributed by atoms with Crippen LogP contribution in [0.2, 0.25) is 0 Å². The first-order valence-electron chi connectivity index (χ1n) is 12.1. The van der Waals surface area contributed by atoms with Crippen LogP contribution in [0.4, 0.5) is 16.2 Å². The molecule has 5 rings (SSSR count). The van der Waals surface area contributed by atoms with E-state index in [1.54, 1.807) is 0 Å². The summed E-state index contributed by atoms with van der Waals surface area (Å²) in [7, 11) is 0. The first kappa shape index (κ1) is 23.6. The normalized spacial score (nSPS) is 13.6. The van der Waals surface area contributed by atoms with E-state index in [0.29, 0.717) is 43.2 Å². The minimum absolute atomic E-state index is 0.0724. The Kier molecular flexibility index (Phi) is 6.48. The van der Waals surface area contributed by atoms with Crippen LogP contribution < -0.4 is 10.6 Å². The van der Waals surface area contributed by atoms with Crippen molar-refractivity contribution in [3.63, 3.8) is 0 Å². The molecule has 4 aromatic rings. The number of nitrogens with zero attached hydrogens (tertiary/aromatic N) is 1. The molecular formula is C29H30N4O3. The van der Waals surface area contributed by atoms with Crippen LogP contribution in [-0.2, 0) is 4.74 Å². The van der Waals surface area contributed by atoms with Crippen molar-refractivity contribution >= 4 is 34.2 Å². The van der Waals surface area contributed by atoms with E-state index in [9.17, 15) is 9.59 Å². The van der Waals surface area contributed by atoms with E-state index in [4.69, 9.17) is 4.74 Å². The molecule has 3 aromatic carbocycles. The second kappa shape index (κ2) is 9.87. The maximum Gasteiger partial charge on any atom is 0.323 e. The van der Waals surface area contributed by atoms with Gasteiger partial charge in [-0.05, 0) is 61.2 Å². The number of hydrogen-bond acceptors (Lipinski definition) is 3. The molecule has 0 atom stereocenters. The average Bonchev–Trinajstić information content (AvgIpc) is 3.26. The van der Waals surface area contributed by atoms with E-state index < -0.39 is 0 Å². The number of nitrogens with one attached hydrogen (secondary N) is 3. The highest BCUT2D eigenvalue weighted by Gasteiger charge is 2.26. The van der Waals surface area contributed by atoms with Crippen molar-refractivity contribution in [1.82, 2.24) is 9.88 Å². The number of ether oxygens (including phenoxy) is 1. The number of carbonyl (C=O) groups excluding carboxylic acids is 2. The first-order chi connectivity index (χ1) is 17.4. The number of rotatable bonds is 4. The maximum atomic E-state index is 13.6. The third kappa shape index (κ3) is 4.70. The van der Waals surface area contributed by atoms with Gasteiger partial charge in [0.2, 0.25) is 0 Å². The topological polar surface area (TPSA) is 86.5 Å². The zero-order valence-electron chi connectivity index (χ0n) is 20.8. The summed E-state index contributed by atoms with van der Waals surface area (Å²) in [6.07, 6.45) is 0. The predicted molar refractivity (Wildman–Crippen MR) is 144 cm³/mol. The summed E-state index contributed by atoms with van der Waals surface area (Å²) in [5.41, 5.74) is 7.41. The fourth-order valence-electron chi connectivity index (χ4n) is 4.68. The van der Waals surface area contributed by atoms with E-state index in [1.807, 2.05) is 80.3 Å². The van der Waals surface area contributed by atoms with Crippen LogP contribution in [0.5, 0.6) is 0 Å². The van der Waals surface area contributed by atoms with E-state index in [1.165, 1.54) is 0 Å². The molecule has 0 aliphatic carbocycles. The number of aryl methyl sites for hydroxylation is 3. The van der Waals surface area contributed by atoms with E-state index in [-0.39, 0.29) is 11.9 Å². The number of carbonyl (C=O) groups is 2. The first-order valence-corrected chi connectivity index (χ1v) is 12.1. The van der Waals surface area contributed by atoms with Crippen molar-refractivity contribution in [2.24, 2.45) is 0 Å². The Hall–Kier alpha value is -4.10. The second-order valence-electron chi connectivity index (χ2n) is 9.28. The van der Waals surface area contributed by atoms with Gasteiger partial charge in [0, 0.05) is 29.7 Å². The molecule has 0 bridgehead atoms. The Balaban J connectivity index is 1.57. The summed E-state index contributed by atoms with van der Waals surface area (Å²) in [5.74, 6) is -0.0724. The zero-order chi connectivity index (χ0) is 25.2. The van der Waals surface area contributed by atoms with Gasteiger partial charge in [-0.15, -0.1) is 0 Å². The molecule has 7 nitrogen and oxygen atoms in total. The lowest BCUT2D eigenvalue weighted by molar-refractivity contribution is 0.0300. The van der Waals surface area contributed by atoms with Gasteiger partial charge in [0.15, 0.2) is 0 Å². The Morgan fingerprint density at radius 3 is 2.31 bits per heavy atom. The molecule has 1 saturated heterocycles. The van der Waals surface area contributed by atoms with Crippen molar-refractivity contribution in [2.45, 2.75) is 20.8 Å². The Labute approximate surface area is 210 Å². The number of aromatic amines is 1. The third-order valence-corrected chi connectivity index (χ3v) is 6.52.